The minimum Gasteiger partial charge on any atom is -0.494 e. The van der Waals surface area contributed by atoms with E-state index in [2.05, 4.69) is 26.2 Å². The predicted molar refractivity (Wildman–Crippen MR) is 82.9 cm³/mol. The molecule has 0 aliphatic heterocycles. The number of carbonyl (C=O) groups excluding carboxylic acids is 1. The van der Waals surface area contributed by atoms with Gasteiger partial charge in [0.2, 0.25) is 0 Å². The minimum atomic E-state index is -0.418. The van der Waals surface area contributed by atoms with Gasteiger partial charge in [-0.05, 0) is 40.2 Å². The van der Waals surface area contributed by atoms with Gasteiger partial charge in [-0.15, -0.1) is 0 Å². The molecule has 7 heteroatoms. The van der Waals surface area contributed by atoms with Crippen LogP contribution in [0.4, 0.5) is 5.69 Å². The van der Waals surface area contributed by atoms with Crippen molar-refractivity contribution in [1.29, 1.82) is 0 Å². The van der Waals surface area contributed by atoms with E-state index in [9.17, 15) is 4.79 Å². The Kier molecular flexibility index (Phi) is 4.86. The number of anilines is 1. The smallest absolute Gasteiger partial charge is 0.261 e. The molecule has 1 amide bonds. The van der Waals surface area contributed by atoms with E-state index in [4.69, 9.17) is 27.9 Å². The van der Waals surface area contributed by atoms with Crippen LogP contribution in [0.2, 0.25) is 10.0 Å². The fourth-order valence-electron chi connectivity index (χ4n) is 1.59. The lowest BCUT2D eigenvalue weighted by molar-refractivity contribution is 0.102. The van der Waals surface area contributed by atoms with Gasteiger partial charge in [0.05, 0.1) is 29.0 Å². The SMILES string of the molecule is COc1c(Cl)ccc(Cl)c1C(=O)Nc1ccc(Br)nc1. The molecule has 0 spiro atoms. The number of hydrogen-bond donors (Lipinski definition) is 1. The van der Waals surface area contributed by atoms with E-state index in [1.807, 2.05) is 0 Å². The maximum Gasteiger partial charge on any atom is 0.261 e. The number of methoxy groups -OCH3 is 1. The Hall–Kier alpha value is -1.30. The number of amides is 1. The first-order chi connectivity index (χ1) is 9.52. The Balaban J connectivity index is 2.34. The Morgan fingerprint density at radius 1 is 1.25 bits per heavy atom. The number of ether oxygens (including phenoxy) is 1. The van der Waals surface area contributed by atoms with E-state index in [0.717, 1.165) is 0 Å². The number of pyridine rings is 1. The molecule has 0 atom stereocenters. The second-order valence-corrected chi connectivity index (χ2v) is 5.39. The van der Waals surface area contributed by atoms with Crippen LogP contribution in [0, 0.1) is 0 Å². The normalized spacial score (nSPS) is 10.2. The molecule has 1 N–H and O–H groups in total. The predicted octanol–water partition coefficient (Wildman–Crippen LogP) is 4.41. The molecule has 0 saturated heterocycles. The Morgan fingerprint density at radius 3 is 2.55 bits per heavy atom. The van der Waals surface area contributed by atoms with Crippen molar-refractivity contribution in [2.75, 3.05) is 12.4 Å². The summed E-state index contributed by atoms with van der Waals surface area (Å²) in [6.45, 7) is 0. The lowest BCUT2D eigenvalue weighted by Crippen LogP contribution is -2.14. The monoisotopic (exact) mass is 374 g/mol. The van der Waals surface area contributed by atoms with Gasteiger partial charge in [-0.2, -0.15) is 0 Å². The highest BCUT2D eigenvalue weighted by Crippen LogP contribution is 2.34. The molecule has 0 bridgehead atoms. The van der Waals surface area contributed by atoms with E-state index in [1.54, 1.807) is 24.3 Å². The Labute approximate surface area is 134 Å². The fraction of sp³-hybridized carbons (Fsp3) is 0.0769. The molecule has 20 heavy (non-hydrogen) atoms. The third-order valence-corrected chi connectivity index (χ3v) is 3.56. The first-order valence-corrected chi connectivity index (χ1v) is 7.02. The first kappa shape index (κ1) is 15.1. The number of nitrogens with zero attached hydrogens (tertiary/aromatic N) is 1. The van der Waals surface area contributed by atoms with Gasteiger partial charge in [-0.1, -0.05) is 23.2 Å². The largest absolute Gasteiger partial charge is 0.494 e. The Morgan fingerprint density at radius 2 is 1.95 bits per heavy atom. The number of rotatable bonds is 3. The van der Waals surface area contributed by atoms with Gasteiger partial charge in [0.1, 0.15) is 10.2 Å². The van der Waals surface area contributed by atoms with Gasteiger partial charge >= 0.3 is 0 Å². The highest BCUT2D eigenvalue weighted by molar-refractivity contribution is 9.10. The topological polar surface area (TPSA) is 51.2 Å². The van der Waals surface area contributed by atoms with Crippen molar-refractivity contribution in [1.82, 2.24) is 4.98 Å². The fourth-order valence-corrected chi connectivity index (χ4v) is 2.29. The van der Waals surface area contributed by atoms with Crippen molar-refractivity contribution >= 4 is 50.7 Å². The lowest BCUT2D eigenvalue weighted by atomic mass is 10.2. The summed E-state index contributed by atoms with van der Waals surface area (Å²) in [7, 11) is 1.43. The van der Waals surface area contributed by atoms with Crippen LogP contribution < -0.4 is 10.1 Å². The van der Waals surface area contributed by atoms with Crippen LogP contribution in [-0.2, 0) is 0 Å². The molecule has 1 aromatic heterocycles. The van der Waals surface area contributed by atoms with Crippen LogP contribution in [0.15, 0.2) is 35.1 Å². The molecule has 2 rings (SSSR count). The molecule has 0 aliphatic carbocycles. The van der Waals surface area contributed by atoms with Gasteiger partial charge in [-0.25, -0.2) is 4.98 Å². The molecule has 1 heterocycles. The standard InChI is InChI=1S/C13H9BrCl2N2O2/c1-20-12-9(16)4-3-8(15)11(12)13(19)18-7-2-5-10(14)17-6-7/h2-6H,1H3,(H,18,19). The van der Waals surface area contributed by atoms with Crippen molar-refractivity contribution in [3.05, 3.63) is 50.7 Å². The molecule has 2 aromatic rings. The van der Waals surface area contributed by atoms with Crippen molar-refractivity contribution in [2.45, 2.75) is 0 Å². The summed E-state index contributed by atoms with van der Waals surface area (Å²) in [5.74, 6) is -0.180. The lowest BCUT2D eigenvalue weighted by Gasteiger charge is -2.12. The zero-order valence-electron chi connectivity index (χ0n) is 10.3. The van der Waals surface area contributed by atoms with Crippen molar-refractivity contribution in [3.8, 4) is 5.75 Å². The minimum absolute atomic E-state index is 0.185. The summed E-state index contributed by atoms with van der Waals surface area (Å²) >= 11 is 15.2. The Bertz CT molecular complexity index is 648. The average Bonchev–Trinajstić information content (AvgIpc) is 2.43. The van der Waals surface area contributed by atoms with Crippen LogP contribution in [0.25, 0.3) is 0 Å². The molecule has 0 saturated carbocycles. The second-order valence-electron chi connectivity index (χ2n) is 3.76. The number of nitrogens with one attached hydrogen (secondary N) is 1. The molecule has 0 radical (unpaired) electrons. The quantitative estimate of drug-likeness (QED) is 0.808. The number of hydrogen-bond acceptors (Lipinski definition) is 3. The van der Waals surface area contributed by atoms with Gasteiger partial charge in [0.15, 0.2) is 5.75 Å². The summed E-state index contributed by atoms with van der Waals surface area (Å²) in [4.78, 5) is 16.3. The van der Waals surface area contributed by atoms with Gasteiger partial charge in [-0.3, -0.25) is 4.79 Å². The molecular formula is C13H9BrCl2N2O2. The van der Waals surface area contributed by atoms with E-state index < -0.39 is 5.91 Å². The van der Waals surface area contributed by atoms with Crippen LogP contribution in [0.1, 0.15) is 10.4 Å². The second kappa shape index (κ2) is 6.43. The summed E-state index contributed by atoms with van der Waals surface area (Å²) in [5, 5.41) is 3.26. The first-order valence-electron chi connectivity index (χ1n) is 5.48. The number of carbonyl (C=O) groups is 1. The zero-order chi connectivity index (χ0) is 14.7. The van der Waals surface area contributed by atoms with E-state index in [-0.39, 0.29) is 16.3 Å². The number of aromatic nitrogens is 1. The molecule has 0 aliphatic rings. The van der Waals surface area contributed by atoms with Crippen LogP contribution in [0.3, 0.4) is 0 Å². The molecule has 0 unspecified atom stereocenters. The van der Waals surface area contributed by atoms with Crippen molar-refractivity contribution < 1.29 is 9.53 Å². The van der Waals surface area contributed by atoms with E-state index in [0.29, 0.717) is 15.3 Å². The molecular weight excluding hydrogens is 367 g/mol. The molecule has 1 aromatic carbocycles. The molecule has 104 valence electrons. The van der Waals surface area contributed by atoms with Crippen molar-refractivity contribution in [3.63, 3.8) is 0 Å². The van der Waals surface area contributed by atoms with Crippen LogP contribution in [-0.4, -0.2) is 18.0 Å². The summed E-state index contributed by atoms with van der Waals surface area (Å²) in [6.07, 6.45) is 1.52. The highest BCUT2D eigenvalue weighted by Gasteiger charge is 2.19. The van der Waals surface area contributed by atoms with Crippen LogP contribution in [0.5, 0.6) is 5.75 Å². The summed E-state index contributed by atoms with van der Waals surface area (Å²) in [5.41, 5.74) is 0.723. The third-order valence-electron chi connectivity index (χ3n) is 2.48. The van der Waals surface area contributed by atoms with E-state index >= 15 is 0 Å². The van der Waals surface area contributed by atoms with Gasteiger partial charge in [0.25, 0.3) is 5.91 Å². The number of halogens is 3. The maximum absolute atomic E-state index is 12.3. The molecule has 4 nitrogen and oxygen atoms in total. The van der Waals surface area contributed by atoms with Crippen LogP contribution >= 0.6 is 39.1 Å². The zero-order valence-corrected chi connectivity index (χ0v) is 13.4. The number of benzene rings is 1. The van der Waals surface area contributed by atoms with Gasteiger partial charge < -0.3 is 10.1 Å². The summed E-state index contributed by atoms with van der Waals surface area (Å²) in [6, 6.07) is 6.54. The highest BCUT2D eigenvalue weighted by atomic mass is 79.9. The van der Waals surface area contributed by atoms with E-state index in [1.165, 1.54) is 13.3 Å². The summed E-state index contributed by atoms with van der Waals surface area (Å²) < 4.78 is 5.81. The third kappa shape index (κ3) is 3.23. The molecule has 0 fully saturated rings. The average molecular weight is 376 g/mol. The maximum atomic E-state index is 12.3. The van der Waals surface area contributed by atoms with Gasteiger partial charge in [0, 0.05) is 0 Å². The van der Waals surface area contributed by atoms with Crippen molar-refractivity contribution in [2.24, 2.45) is 0 Å².